The summed E-state index contributed by atoms with van der Waals surface area (Å²) in [6.45, 7) is 0. The topological polar surface area (TPSA) is 12.9 Å². The number of fused-ring (bicyclic) bond motifs is 11. The molecular weight excluding hydrogens is 1430 g/mol. The van der Waals surface area contributed by atoms with Crippen molar-refractivity contribution in [3.63, 3.8) is 0 Å². The Morgan fingerprint density at radius 1 is 0.139 bits per heavy atom. The first-order valence-electron chi connectivity index (χ1n) is 40.0. The standard InChI is InChI=1S/C40H28Si.C36H26Si.C35H25NSi/c1-3-13-27(14-4-1)39-34-21-11-12-22-35(34)40(36-24-23-30(26-38(36)39)41-29-16-5-2-6-17-29)37-25-28-15-7-8-18-31(28)32-19-9-10-20-33(32)37;1-3-12-26(13-4-1)35-31-17-9-10-18-32(31)36(28-20-19-25-11-7-8-14-27(25)23-28)33-22-21-30(24-34(33)35)37-29-15-5-2-6-16-29;1-2-10-28(11-3-1)37-29-16-17-32-33(23-29)34(25-18-20-36-21-19-25)30-12-6-7-13-31(30)35(32)27-15-14-24-8-4-5-9-26(24)22-27/h1-26H,41H2;1-24H,37H2;1-23H,37H2. The van der Waals surface area contributed by atoms with Crippen LogP contribution >= 0.6 is 0 Å². The molecule has 0 aliphatic rings. The lowest BCUT2D eigenvalue weighted by Gasteiger charge is -2.20. The molecule has 0 unspecified atom stereocenters. The molecule has 21 aromatic carbocycles. The van der Waals surface area contributed by atoms with E-state index in [1.807, 2.05) is 12.4 Å². The van der Waals surface area contributed by atoms with Crippen LogP contribution in [0.3, 0.4) is 0 Å². The molecule has 540 valence electrons. The first-order valence-corrected chi connectivity index (χ1v) is 44.2. The van der Waals surface area contributed by atoms with Crippen LogP contribution in [0, 0.1) is 0 Å². The highest BCUT2D eigenvalue weighted by Crippen LogP contribution is 2.49. The van der Waals surface area contributed by atoms with Gasteiger partial charge < -0.3 is 0 Å². The molecule has 0 amide bonds. The Bertz CT molecular complexity index is 7120. The molecule has 22 aromatic rings. The second kappa shape index (κ2) is 31.3. The van der Waals surface area contributed by atoms with Crippen LogP contribution in [-0.4, -0.2) is 33.5 Å². The van der Waals surface area contributed by atoms with E-state index < -0.39 is 28.6 Å². The van der Waals surface area contributed by atoms with Crippen molar-refractivity contribution in [2.75, 3.05) is 0 Å². The van der Waals surface area contributed by atoms with Gasteiger partial charge in [0.05, 0.1) is 28.6 Å². The van der Waals surface area contributed by atoms with Crippen LogP contribution in [0.4, 0.5) is 0 Å². The lowest BCUT2D eigenvalue weighted by atomic mass is 9.84. The molecule has 22 rings (SSSR count). The van der Waals surface area contributed by atoms with Crippen LogP contribution in [0.15, 0.2) is 443 Å². The first-order chi connectivity index (χ1) is 57.0. The fourth-order valence-electron chi connectivity index (χ4n) is 18.0. The highest BCUT2D eigenvalue weighted by Gasteiger charge is 2.23. The Hall–Kier alpha value is -14.0. The van der Waals surface area contributed by atoms with E-state index in [0.717, 1.165) is 0 Å². The fraction of sp³-hybridized carbons (Fsp3) is 0. The lowest BCUT2D eigenvalue weighted by molar-refractivity contribution is 1.33. The molecule has 0 aliphatic carbocycles. The minimum absolute atomic E-state index is 0.573. The molecule has 0 saturated carbocycles. The summed E-state index contributed by atoms with van der Waals surface area (Å²) < 4.78 is 0. The quantitative estimate of drug-likeness (QED) is 0.0675. The van der Waals surface area contributed by atoms with Crippen molar-refractivity contribution in [2.24, 2.45) is 0 Å². The van der Waals surface area contributed by atoms with Gasteiger partial charge in [0.1, 0.15) is 0 Å². The number of hydrogen-bond acceptors (Lipinski definition) is 1. The summed E-state index contributed by atoms with van der Waals surface area (Å²) in [6, 6.07) is 159. The zero-order valence-electron chi connectivity index (χ0n) is 63.7. The summed E-state index contributed by atoms with van der Waals surface area (Å²) in [5, 5.41) is 34.7. The fourth-order valence-corrected chi connectivity index (χ4v) is 22.6. The minimum Gasteiger partial charge on any atom is -0.265 e. The van der Waals surface area contributed by atoms with Crippen molar-refractivity contribution in [1.82, 2.24) is 4.98 Å². The monoisotopic (exact) mass is 1510 g/mol. The van der Waals surface area contributed by atoms with Crippen LogP contribution in [0.25, 0.3) is 174 Å². The first kappa shape index (κ1) is 70.2. The van der Waals surface area contributed by atoms with Crippen molar-refractivity contribution in [2.45, 2.75) is 0 Å². The van der Waals surface area contributed by atoms with Crippen molar-refractivity contribution >= 4 is 167 Å². The van der Waals surface area contributed by atoms with Gasteiger partial charge in [-0.3, -0.25) is 4.98 Å². The summed E-state index contributed by atoms with van der Waals surface area (Å²) >= 11 is 0. The van der Waals surface area contributed by atoms with Gasteiger partial charge in [0.25, 0.3) is 0 Å². The van der Waals surface area contributed by atoms with Gasteiger partial charge in [-0.25, -0.2) is 0 Å². The summed E-state index contributed by atoms with van der Waals surface area (Å²) in [5.41, 5.74) is 15.5. The molecule has 0 spiro atoms. The summed E-state index contributed by atoms with van der Waals surface area (Å²) in [5.74, 6) is 0. The van der Waals surface area contributed by atoms with Crippen LogP contribution in [0.2, 0.25) is 0 Å². The largest absolute Gasteiger partial charge is 0.265 e. The smallest absolute Gasteiger partial charge is 0.0875 e. The number of rotatable bonds is 12. The molecule has 0 saturated heterocycles. The van der Waals surface area contributed by atoms with Crippen LogP contribution < -0.4 is 31.1 Å². The average molecular weight is 1510 g/mol. The van der Waals surface area contributed by atoms with Crippen molar-refractivity contribution in [3.05, 3.63) is 443 Å². The van der Waals surface area contributed by atoms with Crippen molar-refractivity contribution in [3.8, 4) is 66.8 Å². The average Bonchev–Trinajstić information content (AvgIpc) is 0.718. The van der Waals surface area contributed by atoms with E-state index in [2.05, 4.69) is 436 Å². The normalized spacial score (nSPS) is 11.7. The third kappa shape index (κ3) is 13.8. The van der Waals surface area contributed by atoms with E-state index in [1.165, 1.54) is 206 Å². The number of benzene rings is 21. The van der Waals surface area contributed by atoms with Gasteiger partial charge in [0, 0.05) is 12.4 Å². The summed E-state index contributed by atoms with van der Waals surface area (Å²) in [6.07, 6.45) is 3.80. The number of pyridine rings is 1. The molecule has 0 N–H and O–H groups in total. The highest BCUT2D eigenvalue weighted by molar-refractivity contribution is 6.68. The van der Waals surface area contributed by atoms with Gasteiger partial charge in [-0.2, -0.15) is 0 Å². The molecule has 1 aromatic heterocycles. The van der Waals surface area contributed by atoms with Gasteiger partial charge in [-0.05, 0) is 205 Å². The molecule has 115 heavy (non-hydrogen) atoms. The molecule has 0 fully saturated rings. The zero-order chi connectivity index (χ0) is 76.4. The Morgan fingerprint density at radius 3 is 0.809 bits per heavy atom. The number of nitrogens with zero attached hydrogens (tertiary/aromatic N) is 1. The maximum atomic E-state index is 4.31. The van der Waals surface area contributed by atoms with Crippen molar-refractivity contribution in [1.29, 1.82) is 0 Å². The Morgan fingerprint density at radius 2 is 0.417 bits per heavy atom. The second-order valence-electron chi connectivity index (χ2n) is 30.3. The zero-order valence-corrected chi connectivity index (χ0v) is 68.0. The maximum Gasteiger partial charge on any atom is 0.0875 e. The van der Waals surface area contributed by atoms with E-state index in [-0.39, 0.29) is 0 Å². The van der Waals surface area contributed by atoms with E-state index in [4.69, 9.17) is 0 Å². The van der Waals surface area contributed by atoms with Gasteiger partial charge in [-0.15, -0.1) is 0 Å². The molecular formula is C111H79NSi3. The molecule has 0 radical (unpaired) electrons. The third-order valence-electron chi connectivity index (χ3n) is 23.2. The summed E-state index contributed by atoms with van der Waals surface area (Å²) in [4.78, 5) is 4.31. The SMILES string of the molecule is c1ccc([SiH2]c2ccc3c(-c4cc5ccccc5c5ccccc45)c4ccccc4c(-c4ccccc4)c3c2)cc1.c1ccc([SiH2]c2ccc3c(-c4ccc5ccccc5c4)c4ccccc4c(-c4ccccc4)c3c2)cc1.c1ccc([SiH2]c2ccc3c(-c4ccc5ccccc5c4)c4ccccc4c(-c4ccncc4)c3c2)cc1. The number of aromatic nitrogens is 1. The Labute approximate surface area is 677 Å². The van der Waals surface area contributed by atoms with Gasteiger partial charge in [0.2, 0.25) is 0 Å². The molecule has 0 bridgehead atoms. The van der Waals surface area contributed by atoms with E-state index >= 15 is 0 Å². The predicted octanol–water partition coefficient (Wildman–Crippen LogP) is 23.3. The van der Waals surface area contributed by atoms with Crippen LogP contribution in [-0.2, 0) is 0 Å². The van der Waals surface area contributed by atoms with Crippen molar-refractivity contribution < 1.29 is 0 Å². The number of hydrogen-bond donors (Lipinski definition) is 0. The minimum atomic E-state index is -0.606. The Kier molecular flexibility index (Phi) is 19.1. The lowest BCUT2D eigenvalue weighted by Crippen LogP contribution is -2.26. The van der Waals surface area contributed by atoms with Gasteiger partial charge in [0.15, 0.2) is 0 Å². The second-order valence-corrected chi connectivity index (χ2v) is 36.3. The third-order valence-corrected chi connectivity index (χ3v) is 28.4. The molecule has 1 nitrogen and oxygen atoms in total. The molecule has 4 heteroatoms. The van der Waals surface area contributed by atoms with E-state index in [9.17, 15) is 0 Å². The maximum absolute atomic E-state index is 4.31. The van der Waals surface area contributed by atoms with Gasteiger partial charge in [-0.1, -0.05) is 432 Å². The molecule has 0 atom stereocenters. The van der Waals surface area contributed by atoms with Crippen LogP contribution in [0.1, 0.15) is 0 Å². The Balaban J connectivity index is 0.000000112. The van der Waals surface area contributed by atoms with Gasteiger partial charge >= 0.3 is 0 Å². The molecule has 1 heterocycles. The molecule has 0 aliphatic heterocycles. The summed E-state index contributed by atoms with van der Waals surface area (Å²) in [7, 11) is -1.76. The van der Waals surface area contributed by atoms with E-state index in [0.29, 0.717) is 0 Å². The van der Waals surface area contributed by atoms with Crippen LogP contribution in [0.5, 0.6) is 0 Å². The highest BCUT2D eigenvalue weighted by atomic mass is 28.2. The predicted molar refractivity (Wildman–Crippen MR) is 508 cm³/mol. The van der Waals surface area contributed by atoms with E-state index in [1.54, 1.807) is 0 Å².